The second-order valence-corrected chi connectivity index (χ2v) is 4.73. The lowest BCUT2D eigenvalue weighted by Crippen LogP contribution is -2.28. The smallest absolute Gasteiger partial charge is 0.0732 e. The van der Waals surface area contributed by atoms with Crippen LogP contribution in [0.2, 0.25) is 5.02 Å². The quantitative estimate of drug-likeness (QED) is 0.814. The summed E-state index contributed by atoms with van der Waals surface area (Å²) in [5.74, 6) is 0. The van der Waals surface area contributed by atoms with Gasteiger partial charge in [0.25, 0.3) is 0 Å². The van der Waals surface area contributed by atoms with E-state index < -0.39 is 0 Å². The summed E-state index contributed by atoms with van der Waals surface area (Å²) in [5.41, 5.74) is 0.975. The summed E-state index contributed by atoms with van der Waals surface area (Å²) in [6, 6.07) is 3.94. The second kappa shape index (κ2) is 7.64. The molecular weight excluding hydrogens is 236 g/mol. The monoisotopic (exact) mass is 256 g/mol. The van der Waals surface area contributed by atoms with E-state index in [4.69, 9.17) is 16.3 Å². The summed E-state index contributed by atoms with van der Waals surface area (Å²) in [5, 5.41) is 4.09. The van der Waals surface area contributed by atoms with Gasteiger partial charge in [-0.1, -0.05) is 18.5 Å². The summed E-state index contributed by atoms with van der Waals surface area (Å²) in [6.07, 6.45) is 2.99. The lowest BCUT2D eigenvalue weighted by molar-refractivity contribution is 0.0603. The van der Waals surface area contributed by atoms with Crippen molar-refractivity contribution in [2.75, 3.05) is 13.2 Å². The van der Waals surface area contributed by atoms with Gasteiger partial charge in [-0.05, 0) is 38.9 Å². The maximum atomic E-state index is 5.83. The molecule has 1 aromatic heterocycles. The molecule has 17 heavy (non-hydrogen) atoms. The number of nitrogens with zero attached hydrogens (tertiary/aromatic N) is 1. The molecule has 1 atom stereocenters. The van der Waals surface area contributed by atoms with Crippen LogP contribution in [-0.4, -0.2) is 24.2 Å². The first-order chi connectivity index (χ1) is 8.13. The molecule has 0 saturated carbocycles. The summed E-state index contributed by atoms with van der Waals surface area (Å²) in [6.45, 7) is 7.80. The second-order valence-electron chi connectivity index (χ2n) is 4.29. The van der Waals surface area contributed by atoms with Gasteiger partial charge in [-0.3, -0.25) is 4.98 Å². The van der Waals surface area contributed by atoms with Gasteiger partial charge in [-0.25, -0.2) is 0 Å². The highest BCUT2D eigenvalue weighted by Gasteiger charge is 2.12. The third-order valence-corrected chi connectivity index (χ3v) is 2.57. The molecule has 1 unspecified atom stereocenters. The summed E-state index contributed by atoms with van der Waals surface area (Å²) < 4.78 is 5.65. The number of hydrogen-bond donors (Lipinski definition) is 1. The van der Waals surface area contributed by atoms with E-state index in [-0.39, 0.29) is 12.1 Å². The van der Waals surface area contributed by atoms with Crippen LogP contribution in [0.25, 0.3) is 0 Å². The van der Waals surface area contributed by atoms with E-state index in [0.717, 1.165) is 18.7 Å². The van der Waals surface area contributed by atoms with Crippen molar-refractivity contribution in [1.82, 2.24) is 10.3 Å². The SMILES string of the molecule is CCCNC(COC(C)C)c1ccc(Cl)cn1. The molecule has 1 heterocycles. The van der Waals surface area contributed by atoms with Gasteiger partial charge >= 0.3 is 0 Å². The minimum Gasteiger partial charge on any atom is -0.377 e. The predicted molar refractivity (Wildman–Crippen MR) is 71.4 cm³/mol. The van der Waals surface area contributed by atoms with Gasteiger partial charge in [-0.2, -0.15) is 0 Å². The zero-order valence-corrected chi connectivity index (χ0v) is 11.5. The summed E-state index contributed by atoms with van der Waals surface area (Å²) >= 11 is 5.83. The lowest BCUT2D eigenvalue weighted by atomic mass is 10.2. The molecule has 1 aromatic rings. The topological polar surface area (TPSA) is 34.1 Å². The molecule has 0 aliphatic carbocycles. The van der Waals surface area contributed by atoms with E-state index in [1.807, 2.05) is 26.0 Å². The molecule has 0 bridgehead atoms. The van der Waals surface area contributed by atoms with Crippen LogP contribution in [0.5, 0.6) is 0 Å². The fraction of sp³-hybridized carbons (Fsp3) is 0.615. The normalized spacial score (nSPS) is 13.0. The maximum Gasteiger partial charge on any atom is 0.0732 e. The Labute approximate surface area is 109 Å². The van der Waals surface area contributed by atoms with E-state index in [9.17, 15) is 0 Å². The largest absolute Gasteiger partial charge is 0.377 e. The fourth-order valence-electron chi connectivity index (χ4n) is 1.45. The fourth-order valence-corrected chi connectivity index (χ4v) is 1.56. The van der Waals surface area contributed by atoms with Crippen molar-refractivity contribution in [3.05, 3.63) is 29.0 Å². The molecule has 1 rings (SSSR count). The lowest BCUT2D eigenvalue weighted by Gasteiger charge is -2.19. The zero-order valence-electron chi connectivity index (χ0n) is 10.7. The predicted octanol–water partition coefficient (Wildman–Crippen LogP) is 3.20. The van der Waals surface area contributed by atoms with E-state index in [0.29, 0.717) is 11.6 Å². The van der Waals surface area contributed by atoms with Gasteiger partial charge in [0.2, 0.25) is 0 Å². The summed E-state index contributed by atoms with van der Waals surface area (Å²) in [7, 11) is 0. The molecule has 3 nitrogen and oxygen atoms in total. The van der Waals surface area contributed by atoms with Crippen LogP contribution in [0.4, 0.5) is 0 Å². The first kappa shape index (κ1) is 14.4. The number of rotatable bonds is 7. The van der Waals surface area contributed by atoms with Gasteiger partial charge in [-0.15, -0.1) is 0 Å². The van der Waals surface area contributed by atoms with Crippen molar-refractivity contribution in [2.24, 2.45) is 0 Å². The number of aromatic nitrogens is 1. The van der Waals surface area contributed by atoms with Crippen molar-refractivity contribution in [2.45, 2.75) is 39.3 Å². The van der Waals surface area contributed by atoms with Gasteiger partial charge in [0.1, 0.15) is 0 Å². The molecule has 0 saturated heterocycles. The van der Waals surface area contributed by atoms with Gasteiger partial charge in [0.05, 0.1) is 29.5 Å². The Balaban J connectivity index is 2.63. The maximum absolute atomic E-state index is 5.83. The Morgan fingerprint density at radius 2 is 2.18 bits per heavy atom. The van der Waals surface area contributed by atoms with Crippen molar-refractivity contribution in [1.29, 1.82) is 0 Å². The molecular formula is C13H21ClN2O. The Bertz CT molecular complexity index is 314. The first-order valence-corrected chi connectivity index (χ1v) is 6.47. The van der Waals surface area contributed by atoms with Crippen molar-refractivity contribution in [3.8, 4) is 0 Å². The number of pyridine rings is 1. The molecule has 0 amide bonds. The Morgan fingerprint density at radius 3 is 2.71 bits per heavy atom. The Kier molecular flexibility index (Phi) is 6.48. The molecule has 0 spiro atoms. The Hall–Kier alpha value is -0.640. The number of hydrogen-bond acceptors (Lipinski definition) is 3. The van der Waals surface area contributed by atoms with Crippen molar-refractivity contribution < 1.29 is 4.74 Å². The van der Waals surface area contributed by atoms with Crippen LogP contribution in [0.1, 0.15) is 38.9 Å². The van der Waals surface area contributed by atoms with Gasteiger partial charge in [0, 0.05) is 6.20 Å². The molecule has 0 aliphatic rings. The van der Waals surface area contributed by atoms with Crippen LogP contribution in [0.15, 0.2) is 18.3 Å². The summed E-state index contributed by atoms with van der Waals surface area (Å²) in [4.78, 5) is 4.34. The number of nitrogens with one attached hydrogen (secondary N) is 1. The van der Waals surface area contributed by atoms with Crippen LogP contribution in [0.3, 0.4) is 0 Å². The molecule has 96 valence electrons. The number of halogens is 1. The highest BCUT2D eigenvalue weighted by atomic mass is 35.5. The first-order valence-electron chi connectivity index (χ1n) is 6.10. The standard InChI is InChI=1S/C13H21ClN2O/c1-4-7-15-13(9-17-10(2)3)12-6-5-11(14)8-16-12/h5-6,8,10,13,15H,4,7,9H2,1-3H3. The van der Waals surface area contributed by atoms with E-state index in [1.54, 1.807) is 6.20 Å². The van der Waals surface area contributed by atoms with Crippen LogP contribution >= 0.6 is 11.6 Å². The molecule has 0 aromatic carbocycles. The van der Waals surface area contributed by atoms with E-state index in [2.05, 4.69) is 17.2 Å². The van der Waals surface area contributed by atoms with Gasteiger partial charge in [0.15, 0.2) is 0 Å². The van der Waals surface area contributed by atoms with Crippen molar-refractivity contribution in [3.63, 3.8) is 0 Å². The third-order valence-electron chi connectivity index (χ3n) is 2.34. The molecule has 0 aliphatic heterocycles. The minimum absolute atomic E-state index is 0.134. The van der Waals surface area contributed by atoms with Crippen LogP contribution in [0, 0.1) is 0 Å². The van der Waals surface area contributed by atoms with E-state index >= 15 is 0 Å². The average molecular weight is 257 g/mol. The average Bonchev–Trinajstić information content (AvgIpc) is 2.30. The molecule has 1 N–H and O–H groups in total. The molecule has 4 heteroatoms. The molecule has 0 radical (unpaired) electrons. The molecule has 0 fully saturated rings. The highest BCUT2D eigenvalue weighted by molar-refractivity contribution is 6.30. The highest BCUT2D eigenvalue weighted by Crippen LogP contribution is 2.14. The third kappa shape index (κ3) is 5.48. The number of ether oxygens (including phenoxy) is 1. The van der Waals surface area contributed by atoms with Crippen molar-refractivity contribution >= 4 is 11.6 Å². The Morgan fingerprint density at radius 1 is 1.41 bits per heavy atom. The van der Waals surface area contributed by atoms with Crippen LogP contribution < -0.4 is 5.32 Å². The zero-order chi connectivity index (χ0) is 12.7. The minimum atomic E-state index is 0.134. The van der Waals surface area contributed by atoms with Gasteiger partial charge < -0.3 is 10.1 Å². The van der Waals surface area contributed by atoms with E-state index in [1.165, 1.54) is 0 Å². The van der Waals surface area contributed by atoms with Crippen LogP contribution in [-0.2, 0) is 4.74 Å².